The summed E-state index contributed by atoms with van der Waals surface area (Å²) in [6, 6.07) is 14.3. The summed E-state index contributed by atoms with van der Waals surface area (Å²) in [7, 11) is -3.48. The molecule has 11 heteroatoms. The van der Waals surface area contributed by atoms with Crippen LogP contribution < -0.4 is 15.2 Å². The maximum absolute atomic E-state index is 13.5. The first-order chi connectivity index (χ1) is 17.6. The van der Waals surface area contributed by atoms with Crippen molar-refractivity contribution >= 4 is 43.2 Å². The monoisotopic (exact) mass is 606 g/mol. The minimum atomic E-state index is -3.48. The average Bonchev–Trinajstić information content (AvgIpc) is 3.60. The van der Waals surface area contributed by atoms with Crippen molar-refractivity contribution in [2.75, 3.05) is 37.7 Å². The Morgan fingerprint density at radius 3 is 2.49 bits per heavy atom. The number of halogens is 2. The van der Waals surface area contributed by atoms with Crippen LogP contribution in [0.3, 0.4) is 0 Å². The van der Waals surface area contributed by atoms with E-state index in [1.54, 1.807) is 30.5 Å². The van der Waals surface area contributed by atoms with Crippen LogP contribution in [-0.2, 0) is 15.8 Å². The third kappa shape index (κ3) is 6.03. The molecule has 2 heterocycles. The zero-order valence-corrected chi connectivity index (χ0v) is 23.6. The zero-order valence-electron chi connectivity index (χ0n) is 20.4. The van der Waals surface area contributed by atoms with Gasteiger partial charge < -0.3 is 9.64 Å². The van der Waals surface area contributed by atoms with Crippen molar-refractivity contribution in [1.29, 1.82) is 0 Å². The summed E-state index contributed by atoms with van der Waals surface area (Å²) < 4.78 is 35.9. The van der Waals surface area contributed by atoms with Crippen LogP contribution in [0.15, 0.2) is 64.0 Å². The highest BCUT2D eigenvalue weighted by Gasteiger charge is 2.39. The molecule has 2 aromatic carbocycles. The van der Waals surface area contributed by atoms with Gasteiger partial charge in [0, 0.05) is 41.1 Å². The van der Waals surface area contributed by atoms with Gasteiger partial charge in [0.1, 0.15) is 5.69 Å². The van der Waals surface area contributed by atoms with Crippen LogP contribution in [0.1, 0.15) is 25.3 Å². The molecule has 1 aliphatic heterocycles. The van der Waals surface area contributed by atoms with E-state index in [2.05, 4.69) is 28.0 Å². The Morgan fingerprint density at radius 2 is 1.81 bits per heavy atom. The van der Waals surface area contributed by atoms with E-state index >= 15 is 0 Å². The highest BCUT2D eigenvalue weighted by molar-refractivity contribution is 9.10. The molecule has 1 aliphatic carbocycles. The summed E-state index contributed by atoms with van der Waals surface area (Å²) in [4.78, 5) is 15.5. The number of rotatable bonds is 8. The second-order valence-electron chi connectivity index (χ2n) is 9.93. The van der Waals surface area contributed by atoms with Gasteiger partial charge in [0.15, 0.2) is 0 Å². The Labute approximate surface area is 230 Å². The number of piperazine rings is 1. The van der Waals surface area contributed by atoms with E-state index in [9.17, 15) is 13.2 Å². The van der Waals surface area contributed by atoms with Crippen LogP contribution >= 0.6 is 27.5 Å². The van der Waals surface area contributed by atoms with E-state index in [0.717, 1.165) is 22.9 Å². The van der Waals surface area contributed by atoms with Crippen molar-refractivity contribution < 1.29 is 13.2 Å². The van der Waals surface area contributed by atoms with Crippen LogP contribution in [0.25, 0.3) is 5.69 Å². The van der Waals surface area contributed by atoms with Crippen LogP contribution in [0, 0.1) is 5.41 Å². The van der Waals surface area contributed by atoms with Crippen molar-refractivity contribution in [3.05, 3.63) is 80.1 Å². The lowest BCUT2D eigenvalue weighted by molar-refractivity contribution is 0.242. The van der Waals surface area contributed by atoms with Crippen LogP contribution in [0.4, 0.5) is 5.69 Å². The Balaban J connectivity index is 1.37. The highest BCUT2D eigenvalue weighted by atomic mass is 79.9. The number of aromatic nitrogens is 2. The molecule has 2 fully saturated rings. The first-order valence-electron chi connectivity index (χ1n) is 12.1. The lowest BCUT2D eigenvalue weighted by Gasteiger charge is -2.35. The first-order valence-corrected chi connectivity index (χ1v) is 14.9. The minimum Gasteiger partial charge on any atom is -0.486 e. The molecule has 2 aliphatic rings. The van der Waals surface area contributed by atoms with Crippen LogP contribution in [-0.4, -0.2) is 55.3 Å². The number of sulfonamides is 1. The van der Waals surface area contributed by atoms with Gasteiger partial charge in [-0.25, -0.2) is 8.42 Å². The number of anilines is 1. The second-order valence-corrected chi connectivity index (χ2v) is 13.2. The molecule has 5 rings (SSSR count). The van der Waals surface area contributed by atoms with Gasteiger partial charge in [-0.1, -0.05) is 52.7 Å². The van der Waals surface area contributed by atoms with Crippen LogP contribution in [0.5, 0.6) is 5.75 Å². The molecule has 196 valence electrons. The van der Waals surface area contributed by atoms with E-state index in [1.807, 2.05) is 29.2 Å². The van der Waals surface area contributed by atoms with E-state index in [-0.39, 0.29) is 22.5 Å². The molecule has 3 aromatic rings. The number of hydrogen-bond acceptors (Lipinski definition) is 6. The fraction of sp³-hybridized carbons (Fsp3) is 0.385. The maximum Gasteiger partial charge on any atom is 0.316 e. The van der Waals surface area contributed by atoms with Gasteiger partial charge in [0.2, 0.25) is 15.8 Å². The van der Waals surface area contributed by atoms with Crippen LogP contribution in [0.2, 0.25) is 5.02 Å². The van der Waals surface area contributed by atoms with Crippen molar-refractivity contribution in [3.8, 4) is 11.4 Å². The topological polar surface area (TPSA) is 84.7 Å². The molecule has 0 spiro atoms. The Bertz CT molecular complexity index is 1470. The number of nitrogens with zero attached hydrogens (tertiary/aromatic N) is 4. The molecule has 0 bridgehead atoms. The predicted molar refractivity (Wildman–Crippen MR) is 148 cm³/mol. The van der Waals surface area contributed by atoms with Gasteiger partial charge in [0.05, 0.1) is 24.2 Å². The molecule has 8 nitrogen and oxygen atoms in total. The zero-order chi connectivity index (χ0) is 26.2. The SMILES string of the molecule is CC1(COc2c(N3CCN(S(=O)(=O)Cc4cccc(Br)c4)CC3)cnn(-c3cccc(Cl)c3)c2=O)CC1. The second kappa shape index (κ2) is 10.4. The van der Waals surface area contributed by atoms with Crippen molar-refractivity contribution in [2.45, 2.75) is 25.5 Å². The fourth-order valence-electron chi connectivity index (χ4n) is 4.32. The van der Waals surface area contributed by atoms with Gasteiger partial charge in [-0.15, -0.1) is 0 Å². The summed E-state index contributed by atoms with van der Waals surface area (Å²) in [5.74, 6) is 0.171. The quantitative estimate of drug-likeness (QED) is 0.376. The van der Waals surface area contributed by atoms with Crippen molar-refractivity contribution in [1.82, 2.24) is 14.1 Å². The normalized spacial score (nSPS) is 17.5. The molecular weight excluding hydrogens is 580 g/mol. The lowest BCUT2D eigenvalue weighted by Crippen LogP contribution is -2.49. The third-order valence-electron chi connectivity index (χ3n) is 6.85. The molecule has 0 unspecified atom stereocenters. The summed E-state index contributed by atoms with van der Waals surface area (Å²) >= 11 is 9.54. The number of ether oxygens (including phenoxy) is 1. The van der Waals surface area contributed by atoms with Gasteiger partial charge in [-0.3, -0.25) is 4.79 Å². The van der Waals surface area contributed by atoms with E-state index in [4.69, 9.17) is 16.3 Å². The Hall–Kier alpha value is -2.40. The molecule has 0 N–H and O–H groups in total. The molecule has 1 saturated carbocycles. The summed E-state index contributed by atoms with van der Waals surface area (Å²) in [5.41, 5.74) is 1.57. The summed E-state index contributed by atoms with van der Waals surface area (Å²) in [5, 5.41) is 4.91. The molecule has 0 amide bonds. The Kier molecular flexibility index (Phi) is 7.37. The number of hydrogen-bond donors (Lipinski definition) is 0. The third-order valence-corrected chi connectivity index (χ3v) is 9.43. The molecule has 37 heavy (non-hydrogen) atoms. The summed E-state index contributed by atoms with van der Waals surface area (Å²) in [6.45, 7) is 4.05. The molecular formula is C26H28BrClN4O4S. The van der Waals surface area contributed by atoms with E-state index < -0.39 is 10.0 Å². The average molecular weight is 608 g/mol. The fourth-order valence-corrected chi connectivity index (χ4v) is 6.46. The highest BCUT2D eigenvalue weighted by Crippen LogP contribution is 2.45. The molecule has 1 aromatic heterocycles. The maximum atomic E-state index is 13.5. The van der Waals surface area contributed by atoms with Gasteiger partial charge in [0.25, 0.3) is 0 Å². The van der Waals surface area contributed by atoms with Crippen molar-refractivity contribution in [2.24, 2.45) is 5.41 Å². The number of benzene rings is 2. The smallest absolute Gasteiger partial charge is 0.316 e. The van der Waals surface area contributed by atoms with Gasteiger partial charge in [-0.05, 0) is 48.7 Å². The van der Waals surface area contributed by atoms with E-state index in [0.29, 0.717) is 49.2 Å². The molecule has 1 saturated heterocycles. The van der Waals surface area contributed by atoms with Gasteiger partial charge in [-0.2, -0.15) is 14.1 Å². The molecule has 0 radical (unpaired) electrons. The van der Waals surface area contributed by atoms with E-state index in [1.165, 1.54) is 8.99 Å². The first kappa shape index (κ1) is 26.2. The van der Waals surface area contributed by atoms with Crippen molar-refractivity contribution in [3.63, 3.8) is 0 Å². The largest absolute Gasteiger partial charge is 0.486 e. The predicted octanol–water partition coefficient (Wildman–Crippen LogP) is 4.48. The Morgan fingerprint density at radius 1 is 1.08 bits per heavy atom. The summed E-state index contributed by atoms with van der Waals surface area (Å²) in [6.07, 6.45) is 3.74. The van der Waals surface area contributed by atoms with Gasteiger partial charge >= 0.3 is 5.56 Å². The molecule has 0 atom stereocenters. The standard InChI is InChI=1S/C26H28BrClN4O4S/c1-26(8-9-26)18-36-24-23(16-29-32(25(24)33)22-7-3-6-21(28)15-22)30-10-12-31(13-11-30)37(34,35)17-19-4-2-5-20(27)14-19/h2-7,14-16H,8-13,17-18H2,1H3. The minimum absolute atomic E-state index is 0.0589. The lowest BCUT2D eigenvalue weighted by atomic mass is 10.2.